The molecule has 4 nitrogen and oxygen atoms in total. The first-order valence-electron chi connectivity index (χ1n) is 9.18. The van der Waals surface area contributed by atoms with E-state index in [1.165, 1.54) is 24.9 Å². The number of aryl methyl sites for hydroxylation is 2. The van der Waals surface area contributed by atoms with Crippen molar-refractivity contribution < 1.29 is 9.84 Å². The van der Waals surface area contributed by atoms with Crippen LogP contribution >= 0.6 is 0 Å². The van der Waals surface area contributed by atoms with Crippen molar-refractivity contribution in [2.24, 2.45) is 0 Å². The Kier molecular flexibility index (Phi) is 4.56. The lowest BCUT2D eigenvalue weighted by molar-refractivity contribution is -0.0198. The number of hydrogen-bond acceptors (Lipinski definition) is 4. The van der Waals surface area contributed by atoms with Gasteiger partial charge in [-0.3, -0.25) is 0 Å². The van der Waals surface area contributed by atoms with Crippen LogP contribution in [0.25, 0.3) is 0 Å². The number of aliphatic hydroxyl groups excluding tert-OH is 1. The summed E-state index contributed by atoms with van der Waals surface area (Å²) in [5.74, 6) is 0. The molecule has 4 heteroatoms. The predicted octanol–water partition coefficient (Wildman–Crippen LogP) is 1.88. The fourth-order valence-corrected chi connectivity index (χ4v) is 4.25. The van der Waals surface area contributed by atoms with E-state index in [0.717, 1.165) is 32.4 Å². The third kappa shape index (κ3) is 3.39. The van der Waals surface area contributed by atoms with E-state index in [2.05, 4.69) is 28.4 Å². The van der Waals surface area contributed by atoms with Crippen molar-refractivity contribution in [3.63, 3.8) is 0 Å². The average Bonchev–Trinajstić information content (AvgIpc) is 3.05. The van der Waals surface area contributed by atoms with Crippen molar-refractivity contribution in [3.05, 3.63) is 29.3 Å². The number of ether oxygens (including phenoxy) is 1. The summed E-state index contributed by atoms with van der Waals surface area (Å²) < 4.78 is 5.49. The van der Waals surface area contributed by atoms with Crippen LogP contribution in [0.3, 0.4) is 0 Å². The molecule has 2 atom stereocenters. The second kappa shape index (κ2) is 6.80. The van der Waals surface area contributed by atoms with Crippen LogP contribution in [0.4, 0.5) is 5.69 Å². The minimum absolute atomic E-state index is 0.111. The molecule has 2 N–H and O–H groups in total. The lowest BCUT2D eigenvalue weighted by atomic mass is 9.99. The summed E-state index contributed by atoms with van der Waals surface area (Å²) in [4.78, 5) is 2.52. The number of rotatable bonds is 3. The summed E-state index contributed by atoms with van der Waals surface area (Å²) in [5.41, 5.74) is 4.51. The van der Waals surface area contributed by atoms with Gasteiger partial charge in [0.25, 0.3) is 0 Å². The molecule has 23 heavy (non-hydrogen) atoms. The molecule has 4 rings (SSSR count). The molecule has 2 fully saturated rings. The largest absolute Gasteiger partial charge is 0.391 e. The molecule has 2 saturated heterocycles. The van der Waals surface area contributed by atoms with Crippen molar-refractivity contribution in [2.45, 2.75) is 56.7 Å². The molecule has 0 spiro atoms. The number of hydrogen-bond donors (Lipinski definition) is 2. The molecule has 0 aromatic heterocycles. The fourth-order valence-electron chi connectivity index (χ4n) is 4.25. The number of aliphatic hydroxyl groups is 1. The summed E-state index contributed by atoms with van der Waals surface area (Å²) in [6, 6.07) is 7.66. The topological polar surface area (TPSA) is 44.7 Å². The van der Waals surface area contributed by atoms with Gasteiger partial charge in [0, 0.05) is 31.4 Å². The van der Waals surface area contributed by atoms with Crippen LogP contribution in [0, 0.1) is 0 Å². The van der Waals surface area contributed by atoms with Gasteiger partial charge in [0.1, 0.15) is 0 Å². The first kappa shape index (κ1) is 15.4. The molecule has 2 heterocycles. The second-order valence-corrected chi connectivity index (χ2v) is 7.27. The average molecular weight is 316 g/mol. The van der Waals surface area contributed by atoms with E-state index in [1.807, 2.05) is 0 Å². The van der Waals surface area contributed by atoms with E-state index in [1.54, 1.807) is 11.1 Å². The highest BCUT2D eigenvalue weighted by Crippen LogP contribution is 2.28. The van der Waals surface area contributed by atoms with E-state index in [4.69, 9.17) is 4.74 Å². The molecule has 0 amide bonds. The predicted molar refractivity (Wildman–Crippen MR) is 92.1 cm³/mol. The molecule has 0 bridgehead atoms. The number of anilines is 1. The Morgan fingerprint density at radius 1 is 1.09 bits per heavy atom. The van der Waals surface area contributed by atoms with Gasteiger partial charge in [-0.05, 0) is 61.8 Å². The Morgan fingerprint density at radius 3 is 2.74 bits per heavy atom. The molecular formula is C19H28N2O2. The Balaban J connectivity index is 1.32. The van der Waals surface area contributed by atoms with Crippen molar-refractivity contribution in [1.29, 1.82) is 0 Å². The highest BCUT2D eigenvalue weighted by molar-refractivity contribution is 5.52. The lowest BCUT2D eigenvalue weighted by Gasteiger charge is -2.38. The molecule has 126 valence electrons. The smallest absolute Gasteiger partial charge is 0.0737 e. The fraction of sp³-hybridized carbons (Fsp3) is 0.684. The van der Waals surface area contributed by atoms with Crippen LogP contribution in [0.15, 0.2) is 18.2 Å². The summed E-state index contributed by atoms with van der Waals surface area (Å²) in [6.45, 7) is 3.53. The Hall–Kier alpha value is -1.10. The molecule has 2 aliphatic heterocycles. The normalized spacial score (nSPS) is 28.8. The number of nitrogens with one attached hydrogen (secondary N) is 1. The van der Waals surface area contributed by atoms with E-state index in [-0.39, 0.29) is 12.1 Å². The second-order valence-electron chi connectivity index (χ2n) is 7.27. The lowest BCUT2D eigenvalue weighted by Crippen LogP contribution is -2.53. The maximum absolute atomic E-state index is 10.1. The van der Waals surface area contributed by atoms with E-state index in [0.29, 0.717) is 19.3 Å². The highest BCUT2D eigenvalue weighted by Gasteiger charge is 2.28. The van der Waals surface area contributed by atoms with Crippen molar-refractivity contribution >= 4 is 5.69 Å². The third-order valence-electron chi connectivity index (χ3n) is 5.71. The molecular weight excluding hydrogens is 288 g/mol. The quantitative estimate of drug-likeness (QED) is 0.894. The van der Waals surface area contributed by atoms with Crippen LogP contribution in [0.1, 0.15) is 36.8 Å². The van der Waals surface area contributed by atoms with Crippen molar-refractivity contribution in [3.8, 4) is 0 Å². The summed E-state index contributed by atoms with van der Waals surface area (Å²) in [7, 11) is 0. The molecule has 0 radical (unpaired) electrons. The molecule has 1 aromatic carbocycles. The van der Waals surface area contributed by atoms with Gasteiger partial charge in [0.05, 0.1) is 18.8 Å². The Morgan fingerprint density at radius 2 is 1.91 bits per heavy atom. The monoisotopic (exact) mass is 316 g/mol. The van der Waals surface area contributed by atoms with Gasteiger partial charge >= 0.3 is 0 Å². The molecule has 0 unspecified atom stereocenters. The van der Waals surface area contributed by atoms with Gasteiger partial charge in [0.2, 0.25) is 0 Å². The molecule has 1 aromatic rings. The molecule has 0 saturated carbocycles. The number of piperidine rings is 1. The van der Waals surface area contributed by atoms with Gasteiger partial charge in [-0.25, -0.2) is 0 Å². The number of fused-ring (bicyclic) bond motifs is 1. The zero-order valence-corrected chi connectivity index (χ0v) is 13.8. The highest BCUT2D eigenvalue weighted by atomic mass is 16.5. The summed E-state index contributed by atoms with van der Waals surface area (Å²) in [5, 5.41) is 13.7. The zero-order valence-electron chi connectivity index (χ0n) is 13.8. The number of benzene rings is 1. The van der Waals surface area contributed by atoms with E-state index in [9.17, 15) is 5.11 Å². The van der Waals surface area contributed by atoms with Gasteiger partial charge < -0.3 is 20.1 Å². The maximum atomic E-state index is 10.1. The SMILES string of the molecule is O[C@@H]1CCOC[C@H]1NC1CCN(c2ccc3c(c2)CCC3)CC1. The maximum Gasteiger partial charge on any atom is 0.0737 e. The van der Waals surface area contributed by atoms with E-state index >= 15 is 0 Å². The van der Waals surface area contributed by atoms with Gasteiger partial charge in [-0.1, -0.05) is 6.07 Å². The Bertz CT molecular complexity index is 540. The van der Waals surface area contributed by atoms with Gasteiger partial charge in [0.15, 0.2) is 0 Å². The Labute approximate surface area is 138 Å². The van der Waals surface area contributed by atoms with Crippen LogP contribution in [0.2, 0.25) is 0 Å². The molecule has 1 aliphatic carbocycles. The minimum atomic E-state index is -0.251. The zero-order chi connectivity index (χ0) is 15.6. The summed E-state index contributed by atoms with van der Waals surface area (Å²) >= 11 is 0. The van der Waals surface area contributed by atoms with E-state index < -0.39 is 0 Å². The van der Waals surface area contributed by atoms with Crippen molar-refractivity contribution in [2.75, 3.05) is 31.2 Å². The van der Waals surface area contributed by atoms with Gasteiger partial charge in [-0.2, -0.15) is 0 Å². The standard InChI is InChI=1S/C19H28N2O2/c22-19-8-11-23-13-18(19)20-16-6-9-21(10-7-16)17-5-4-14-2-1-3-15(14)12-17/h4-5,12,16,18-20,22H,1-3,6-11,13H2/t18-,19-/m1/s1. The first-order valence-corrected chi connectivity index (χ1v) is 9.18. The van der Waals surface area contributed by atoms with Crippen LogP contribution in [-0.4, -0.2) is 49.6 Å². The first-order chi connectivity index (χ1) is 11.3. The molecule has 3 aliphatic rings. The van der Waals surface area contributed by atoms with Crippen molar-refractivity contribution in [1.82, 2.24) is 5.32 Å². The van der Waals surface area contributed by atoms with Crippen LogP contribution < -0.4 is 10.2 Å². The third-order valence-corrected chi connectivity index (χ3v) is 5.71. The van der Waals surface area contributed by atoms with Crippen LogP contribution in [-0.2, 0) is 17.6 Å². The summed E-state index contributed by atoms with van der Waals surface area (Å²) in [6.07, 6.45) is 6.61. The number of nitrogens with zero attached hydrogens (tertiary/aromatic N) is 1. The van der Waals surface area contributed by atoms with Gasteiger partial charge in [-0.15, -0.1) is 0 Å². The van der Waals surface area contributed by atoms with Crippen LogP contribution in [0.5, 0.6) is 0 Å². The minimum Gasteiger partial charge on any atom is -0.391 e.